The highest BCUT2D eigenvalue weighted by molar-refractivity contribution is 6.42. The molecule has 0 spiro atoms. The monoisotopic (exact) mass is 527 g/mol. The molecule has 36 heavy (non-hydrogen) atoms. The first kappa shape index (κ1) is 25.6. The van der Waals surface area contributed by atoms with E-state index in [2.05, 4.69) is 28.9 Å². The molecule has 2 saturated heterocycles. The minimum absolute atomic E-state index is 0.0283. The second kappa shape index (κ2) is 11.1. The van der Waals surface area contributed by atoms with E-state index in [1.54, 1.807) is 0 Å². The molecule has 2 amide bonds. The van der Waals surface area contributed by atoms with E-state index in [9.17, 15) is 9.59 Å². The van der Waals surface area contributed by atoms with Crippen molar-refractivity contribution in [3.63, 3.8) is 0 Å². The van der Waals surface area contributed by atoms with E-state index in [4.69, 9.17) is 23.2 Å². The van der Waals surface area contributed by atoms with Gasteiger partial charge < -0.3 is 14.7 Å². The summed E-state index contributed by atoms with van der Waals surface area (Å²) in [7, 11) is 0. The number of carbonyl (C=O) groups is 2. The van der Waals surface area contributed by atoms with Gasteiger partial charge in [-0.15, -0.1) is 0 Å². The predicted molar refractivity (Wildman–Crippen MR) is 145 cm³/mol. The molecule has 2 fully saturated rings. The lowest BCUT2D eigenvalue weighted by molar-refractivity contribution is -0.136. The number of amides is 2. The summed E-state index contributed by atoms with van der Waals surface area (Å²) in [6, 6.07) is 14.3. The molecule has 2 aromatic carbocycles. The third-order valence-electron chi connectivity index (χ3n) is 8.31. The van der Waals surface area contributed by atoms with Crippen molar-refractivity contribution in [2.75, 3.05) is 32.7 Å². The van der Waals surface area contributed by atoms with E-state index in [0.29, 0.717) is 35.0 Å². The van der Waals surface area contributed by atoms with Gasteiger partial charge in [-0.05, 0) is 74.9 Å². The van der Waals surface area contributed by atoms with Gasteiger partial charge in [-0.1, -0.05) is 47.5 Å². The topological polar surface area (TPSA) is 43.9 Å². The van der Waals surface area contributed by atoms with E-state index in [0.717, 1.165) is 75.0 Å². The fraction of sp³-hybridized carbons (Fsp3) is 0.517. The highest BCUT2D eigenvalue weighted by Crippen LogP contribution is 2.45. The molecule has 7 heteroatoms. The van der Waals surface area contributed by atoms with Gasteiger partial charge in [0.25, 0.3) is 5.91 Å². The Kier molecular flexibility index (Phi) is 7.90. The molecule has 2 unspecified atom stereocenters. The molecule has 0 aromatic heterocycles. The number of likely N-dealkylation sites (N-methyl/N-ethyl adjacent to an activating group) is 1. The largest absolute Gasteiger partial charge is 0.340 e. The molecule has 0 bridgehead atoms. The van der Waals surface area contributed by atoms with Crippen molar-refractivity contribution in [3.8, 4) is 0 Å². The van der Waals surface area contributed by atoms with Crippen LogP contribution in [0, 0.1) is 0 Å². The number of carbonyl (C=O) groups excluding carboxylic acids is 2. The summed E-state index contributed by atoms with van der Waals surface area (Å²) < 4.78 is 0. The normalized spacial score (nSPS) is 22.2. The first-order valence-electron chi connectivity index (χ1n) is 13.3. The van der Waals surface area contributed by atoms with Crippen molar-refractivity contribution in [1.82, 2.24) is 14.7 Å². The van der Waals surface area contributed by atoms with E-state index in [1.807, 2.05) is 35.2 Å². The summed E-state index contributed by atoms with van der Waals surface area (Å²) >= 11 is 12.7. The van der Waals surface area contributed by atoms with Gasteiger partial charge in [-0.3, -0.25) is 9.59 Å². The van der Waals surface area contributed by atoms with Crippen LogP contribution in [-0.2, 0) is 4.79 Å². The molecule has 5 rings (SSSR count). The first-order chi connectivity index (χ1) is 17.5. The number of halogens is 2. The van der Waals surface area contributed by atoms with E-state index >= 15 is 0 Å². The first-order valence-corrected chi connectivity index (χ1v) is 14.1. The van der Waals surface area contributed by atoms with Crippen molar-refractivity contribution in [2.24, 2.45) is 0 Å². The SMILES string of the molecule is CCN1C(=O)c2ccccc2C1C(CCN1CCC(N2CCCCC2=O)CC1)c1ccc(Cl)c(Cl)c1. The van der Waals surface area contributed by atoms with Crippen LogP contribution >= 0.6 is 23.2 Å². The Morgan fingerprint density at radius 2 is 1.75 bits per heavy atom. The Hall–Kier alpha value is -2.08. The Labute approximate surface area is 224 Å². The van der Waals surface area contributed by atoms with Crippen molar-refractivity contribution in [2.45, 2.75) is 63.5 Å². The van der Waals surface area contributed by atoms with Crippen molar-refractivity contribution in [3.05, 3.63) is 69.2 Å². The third kappa shape index (κ3) is 5.03. The molecule has 0 aliphatic carbocycles. The average Bonchev–Trinajstić information content (AvgIpc) is 3.18. The predicted octanol–water partition coefficient (Wildman–Crippen LogP) is 6.16. The zero-order valence-electron chi connectivity index (χ0n) is 21.0. The zero-order valence-corrected chi connectivity index (χ0v) is 22.5. The Bertz CT molecular complexity index is 1120. The van der Waals surface area contributed by atoms with Crippen LogP contribution in [0.5, 0.6) is 0 Å². The van der Waals surface area contributed by atoms with Crippen molar-refractivity contribution >= 4 is 35.0 Å². The molecule has 5 nitrogen and oxygen atoms in total. The van der Waals surface area contributed by atoms with Gasteiger partial charge in [-0.25, -0.2) is 0 Å². The quantitative estimate of drug-likeness (QED) is 0.432. The summed E-state index contributed by atoms with van der Waals surface area (Å²) in [4.78, 5) is 32.3. The van der Waals surface area contributed by atoms with Crippen LogP contribution < -0.4 is 0 Å². The smallest absolute Gasteiger partial charge is 0.254 e. The molecule has 2 atom stereocenters. The average molecular weight is 529 g/mol. The van der Waals surface area contributed by atoms with Gasteiger partial charge >= 0.3 is 0 Å². The van der Waals surface area contributed by atoms with Gasteiger partial charge in [0, 0.05) is 50.1 Å². The molecule has 192 valence electrons. The van der Waals surface area contributed by atoms with Gasteiger partial charge in [0.15, 0.2) is 0 Å². The maximum absolute atomic E-state index is 13.3. The number of likely N-dealkylation sites (tertiary alicyclic amines) is 2. The second-order valence-corrected chi connectivity index (χ2v) is 11.1. The standard InChI is InChI=1S/C29H35Cl2N3O2/c1-2-33-28(23-7-3-4-8-24(23)29(33)36)22(20-10-11-25(30)26(31)19-20)14-18-32-16-12-21(13-17-32)34-15-6-5-9-27(34)35/h3-4,7-8,10-11,19,21-22,28H,2,5-6,9,12-18H2,1H3. The van der Waals surface area contributed by atoms with Gasteiger partial charge in [-0.2, -0.15) is 0 Å². The summed E-state index contributed by atoms with van der Waals surface area (Å²) in [6.07, 6.45) is 5.86. The van der Waals surface area contributed by atoms with Gasteiger partial charge in [0.1, 0.15) is 0 Å². The van der Waals surface area contributed by atoms with Crippen LogP contribution in [0.4, 0.5) is 0 Å². The maximum atomic E-state index is 13.3. The van der Waals surface area contributed by atoms with Crippen LogP contribution in [0.25, 0.3) is 0 Å². The minimum Gasteiger partial charge on any atom is -0.340 e. The molecule has 3 heterocycles. The zero-order chi connectivity index (χ0) is 25.2. The van der Waals surface area contributed by atoms with Crippen LogP contribution in [0.3, 0.4) is 0 Å². The summed E-state index contributed by atoms with van der Waals surface area (Å²) in [5.41, 5.74) is 3.02. The van der Waals surface area contributed by atoms with E-state index in [-0.39, 0.29) is 17.9 Å². The fourth-order valence-electron chi connectivity index (χ4n) is 6.41. The molecule has 2 aromatic rings. The van der Waals surface area contributed by atoms with Crippen LogP contribution in [-0.4, -0.2) is 65.3 Å². The van der Waals surface area contributed by atoms with E-state index < -0.39 is 0 Å². The molecule has 3 aliphatic rings. The Balaban J connectivity index is 1.34. The van der Waals surface area contributed by atoms with Gasteiger partial charge in [0.2, 0.25) is 5.91 Å². The van der Waals surface area contributed by atoms with Crippen molar-refractivity contribution in [1.29, 1.82) is 0 Å². The van der Waals surface area contributed by atoms with Gasteiger partial charge in [0.05, 0.1) is 16.1 Å². The number of hydrogen-bond donors (Lipinski definition) is 0. The number of nitrogens with zero attached hydrogens (tertiary/aromatic N) is 3. The summed E-state index contributed by atoms with van der Waals surface area (Å²) in [5, 5.41) is 1.09. The lowest BCUT2D eigenvalue weighted by Gasteiger charge is -2.41. The van der Waals surface area contributed by atoms with Crippen molar-refractivity contribution < 1.29 is 9.59 Å². The highest BCUT2D eigenvalue weighted by atomic mass is 35.5. The lowest BCUT2D eigenvalue weighted by Crippen LogP contribution is -2.49. The Morgan fingerprint density at radius 3 is 2.47 bits per heavy atom. The molecular weight excluding hydrogens is 493 g/mol. The van der Waals surface area contributed by atoms with Crippen LogP contribution in [0.1, 0.15) is 78.9 Å². The maximum Gasteiger partial charge on any atom is 0.254 e. The third-order valence-corrected chi connectivity index (χ3v) is 9.05. The fourth-order valence-corrected chi connectivity index (χ4v) is 6.72. The Morgan fingerprint density at radius 1 is 0.972 bits per heavy atom. The lowest BCUT2D eigenvalue weighted by atomic mass is 9.84. The number of fused-ring (bicyclic) bond motifs is 1. The molecule has 0 N–H and O–H groups in total. The number of benzene rings is 2. The van der Waals surface area contributed by atoms with Crippen LogP contribution in [0.15, 0.2) is 42.5 Å². The molecule has 0 radical (unpaired) electrons. The number of hydrogen-bond acceptors (Lipinski definition) is 3. The summed E-state index contributed by atoms with van der Waals surface area (Å²) in [6.45, 7) is 6.57. The van der Waals surface area contributed by atoms with E-state index in [1.165, 1.54) is 0 Å². The summed E-state index contributed by atoms with van der Waals surface area (Å²) in [5.74, 6) is 0.549. The highest BCUT2D eigenvalue weighted by Gasteiger charge is 2.41. The number of piperidine rings is 2. The molecular formula is C29H35Cl2N3O2. The van der Waals surface area contributed by atoms with Crippen LogP contribution in [0.2, 0.25) is 10.0 Å². The number of rotatable bonds is 7. The second-order valence-electron chi connectivity index (χ2n) is 10.3. The minimum atomic E-state index is -0.0283. The molecule has 3 aliphatic heterocycles. The molecule has 0 saturated carbocycles.